The standard InChI is InChI=1S/C14H16ClN3/c1-9-12(14(15)18(2)17-9)7-13-11-6-4-3-5-10(11)8-16-13/h3-6,13,16H,7-8H2,1-2H3. The molecule has 1 N–H and O–H groups in total. The monoisotopic (exact) mass is 261 g/mol. The van der Waals surface area contributed by atoms with E-state index in [9.17, 15) is 0 Å². The van der Waals surface area contributed by atoms with E-state index in [1.54, 1.807) is 4.68 Å². The van der Waals surface area contributed by atoms with Crippen LogP contribution in [0.1, 0.15) is 28.4 Å². The lowest BCUT2D eigenvalue weighted by atomic mass is 9.99. The Morgan fingerprint density at radius 2 is 2.22 bits per heavy atom. The van der Waals surface area contributed by atoms with Gasteiger partial charge in [0.15, 0.2) is 0 Å². The quantitative estimate of drug-likeness (QED) is 0.901. The number of aromatic nitrogens is 2. The Hall–Kier alpha value is -1.32. The molecule has 1 aromatic heterocycles. The lowest BCUT2D eigenvalue weighted by molar-refractivity contribution is 0.579. The van der Waals surface area contributed by atoms with Crippen molar-refractivity contribution in [2.75, 3.05) is 0 Å². The van der Waals surface area contributed by atoms with Gasteiger partial charge in [0.1, 0.15) is 5.15 Å². The molecule has 0 saturated heterocycles. The topological polar surface area (TPSA) is 29.9 Å². The maximum absolute atomic E-state index is 6.29. The summed E-state index contributed by atoms with van der Waals surface area (Å²) in [4.78, 5) is 0. The van der Waals surface area contributed by atoms with Crippen molar-refractivity contribution < 1.29 is 0 Å². The molecule has 0 bridgehead atoms. The minimum Gasteiger partial charge on any atom is -0.306 e. The molecule has 1 unspecified atom stereocenters. The third-order valence-corrected chi connectivity index (χ3v) is 4.12. The summed E-state index contributed by atoms with van der Waals surface area (Å²) in [5.74, 6) is 0. The van der Waals surface area contributed by atoms with E-state index >= 15 is 0 Å². The van der Waals surface area contributed by atoms with Gasteiger partial charge in [-0.25, -0.2) is 0 Å². The summed E-state index contributed by atoms with van der Waals surface area (Å²) in [5, 5.41) is 8.65. The fourth-order valence-electron chi connectivity index (χ4n) is 2.67. The lowest BCUT2D eigenvalue weighted by Crippen LogP contribution is -2.15. The Morgan fingerprint density at radius 1 is 1.44 bits per heavy atom. The van der Waals surface area contributed by atoms with Gasteiger partial charge in [0.25, 0.3) is 0 Å². The Kier molecular flexibility index (Phi) is 2.88. The van der Waals surface area contributed by atoms with Gasteiger partial charge in [0.2, 0.25) is 0 Å². The Labute approximate surface area is 112 Å². The first kappa shape index (κ1) is 11.8. The average Bonchev–Trinajstić information content (AvgIpc) is 2.87. The molecule has 2 heterocycles. The number of nitrogens with zero attached hydrogens (tertiary/aromatic N) is 2. The third-order valence-electron chi connectivity index (χ3n) is 3.65. The average molecular weight is 262 g/mol. The second-order valence-electron chi connectivity index (χ2n) is 4.81. The van der Waals surface area contributed by atoms with E-state index in [2.05, 4.69) is 34.7 Å². The van der Waals surface area contributed by atoms with Crippen molar-refractivity contribution in [1.29, 1.82) is 0 Å². The summed E-state index contributed by atoms with van der Waals surface area (Å²) in [7, 11) is 1.88. The molecule has 1 atom stereocenters. The van der Waals surface area contributed by atoms with Crippen molar-refractivity contribution in [3.63, 3.8) is 0 Å². The molecular weight excluding hydrogens is 246 g/mol. The van der Waals surface area contributed by atoms with Crippen LogP contribution in [-0.2, 0) is 20.0 Å². The van der Waals surface area contributed by atoms with Gasteiger partial charge in [-0.15, -0.1) is 0 Å². The minimum absolute atomic E-state index is 0.349. The van der Waals surface area contributed by atoms with Gasteiger partial charge in [-0.1, -0.05) is 35.9 Å². The second kappa shape index (κ2) is 4.41. The van der Waals surface area contributed by atoms with Crippen LogP contribution in [0.5, 0.6) is 0 Å². The number of rotatable bonds is 2. The van der Waals surface area contributed by atoms with Crippen LogP contribution in [-0.4, -0.2) is 9.78 Å². The fourth-order valence-corrected chi connectivity index (χ4v) is 2.92. The maximum atomic E-state index is 6.29. The van der Waals surface area contributed by atoms with Crippen molar-refractivity contribution in [3.05, 3.63) is 51.8 Å². The third kappa shape index (κ3) is 1.84. The Balaban J connectivity index is 1.91. The number of nitrogens with one attached hydrogen (secondary N) is 1. The second-order valence-corrected chi connectivity index (χ2v) is 5.17. The summed E-state index contributed by atoms with van der Waals surface area (Å²) >= 11 is 6.29. The molecule has 94 valence electrons. The van der Waals surface area contributed by atoms with E-state index in [1.165, 1.54) is 11.1 Å². The van der Waals surface area contributed by atoms with Crippen LogP contribution in [0.25, 0.3) is 0 Å². The fraction of sp³-hybridized carbons (Fsp3) is 0.357. The van der Waals surface area contributed by atoms with Crippen LogP contribution < -0.4 is 5.32 Å². The van der Waals surface area contributed by atoms with E-state index in [0.29, 0.717) is 6.04 Å². The van der Waals surface area contributed by atoms with Gasteiger partial charge in [-0.05, 0) is 24.5 Å². The molecule has 2 aromatic rings. The van der Waals surface area contributed by atoms with Crippen LogP contribution in [0.3, 0.4) is 0 Å². The number of hydrogen-bond acceptors (Lipinski definition) is 2. The van der Waals surface area contributed by atoms with Crippen LogP contribution >= 0.6 is 11.6 Å². The number of hydrogen-bond donors (Lipinski definition) is 1. The van der Waals surface area contributed by atoms with Gasteiger partial charge in [-0.2, -0.15) is 5.10 Å². The molecule has 0 amide bonds. The van der Waals surface area contributed by atoms with Crippen molar-refractivity contribution in [1.82, 2.24) is 15.1 Å². The largest absolute Gasteiger partial charge is 0.306 e. The van der Waals surface area contributed by atoms with Crippen LogP contribution in [0.4, 0.5) is 0 Å². The van der Waals surface area contributed by atoms with E-state index in [4.69, 9.17) is 11.6 Å². The Morgan fingerprint density at radius 3 is 2.94 bits per heavy atom. The molecule has 3 nitrogen and oxygen atoms in total. The van der Waals surface area contributed by atoms with Gasteiger partial charge in [-0.3, -0.25) is 4.68 Å². The van der Waals surface area contributed by atoms with Crippen LogP contribution in [0.15, 0.2) is 24.3 Å². The van der Waals surface area contributed by atoms with Crippen LogP contribution in [0, 0.1) is 6.92 Å². The number of benzene rings is 1. The molecule has 0 saturated carbocycles. The van der Waals surface area contributed by atoms with E-state index < -0.39 is 0 Å². The molecular formula is C14H16ClN3. The molecule has 4 heteroatoms. The van der Waals surface area contributed by atoms with Crippen molar-refractivity contribution >= 4 is 11.6 Å². The first-order chi connectivity index (χ1) is 8.66. The van der Waals surface area contributed by atoms with Crippen molar-refractivity contribution in [2.45, 2.75) is 25.9 Å². The minimum atomic E-state index is 0.349. The van der Waals surface area contributed by atoms with Gasteiger partial charge >= 0.3 is 0 Å². The van der Waals surface area contributed by atoms with Crippen molar-refractivity contribution in [3.8, 4) is 0 Å². The number of aryl methyl sites for hydroxylation is 2. The molecule has 0 aliphatic carbocycles. The van der Waals surface area contributed by atoms with Gasteiger partial charge in [0.05, 0.1) is 5.69 Å². The van der Waals surface area contributed by atoms with Crippen LogP contribution in [0.2, 0.25) is 5.15 Å². The van der Waals surface area contributed by atoms with E-state index in [1.807, 2.05) is 14.0 Å². The first-order valence-electron chi connectivity index (χ1n) is 6.16. The van der Waals surface area contributed by atoms with Gasteiger partial charge in [0, 0.05) is 25.2 Å². The summed E-state index contributed by atoms with van der Waals surface area (Å²) in [6.45, 7) is 2.96. The predicted molar refractivity (Wildman–Crippen MR) is 72.7 cm³/mol. The lowest BCUT2D eigenvalue weighted by Gasteiger charge is -2.12. The molecule has 3 rings (SSSR count). The molecule has 1 aliphatic heterocycles. The summed E-state index contributed by atoms with van der Waals surface area (Å²) in [6, 6.07) is 8.91. The highest BCUT2D eigenvalue weighted by Gasteiger charge is 2.24. The van der Waals surface area contributed by atoms with E-state index in [-0.39, 0.29) is 0 Å². The highest BCUT2D eigenvalue weighted by atomic mass is 35.5. The summed E-state index contributed by atoms with van der Waals surface area (Å²) < 4.78 is 1.74. The normalized spacial score (nSPS) is 18.1. The SMILES string of the molecule is Cc1nn(C)c(Cl)c1CC1NCc2ccccc21. The number of fused-ring (bicyclic) bond motifs is 1. The molecule has 1 aromatic carbocycles. The summed E-state index contributed by atoms with van der Waals surface area (Å²) in [6.07, 6.45) is 0.898. The maximum Gasteiger partial charge on any atom is 0.130 e. The molecule has 18 heavy (non-hydrogen) atoms. The molecule has 0 fully saturated rings. The number of halogens is 1. The Bertz CT molecular complexity index is 589. The molecule has 1 aliphatic rings. The molecule has 0 radical (unpaired) electrons. The smallest absolute Gasteiger partial charge is 0.130 e. The first-order valence-corrected chi connectivity index (χ1v) is 6.53. The summed E-state index contributed by atoms with van der Waals surface area (Å²) in [5.41, 5.74) is 4.94. The van der Waals surface area contributed by atoms with Crippen molar-refractivity contribution in [2.24, 2.45) is 7.05 Å². The predicted octanol–water partition coefficient (Wildman–Crippen LogP) is 2.77. The zero-order chi connectivity index (χ0) is 12.7. The highest BCUT2D eigenvalue weighted by molar-refractivity contribution is 6.30. The molecule has 0 spiro atoms. The zero-order valence-electron chi connectivity index (χ0n) is 10.6. The van der Waals surface area contributed by atoms with E-state index in [0.717, 1.165) is 29.4 Å². The highest BCUT2D eigenvalue weighted by Crippen LogP contribution is 2.31. The van der Waals surface area contributed by atoms with Gasteiger partial charge < -0.3 is 5.32 Å². The zero-order valence-corrected chi connectivity index (χ0v) is 11.3.